The van der Waals surface area contributed by atoms with E-state index in [1.165, 1.54) is 0 Å². The molecule has 27 heavy (non-hydrogen) atoms. The Labute approximate surface area is 160 Å². The number of benzene rings is 1. The van der Waals surface area contributed by atoms with Gasteiger partial charge in [-0.2, -0.15) is 5.26 Å². The number of nitrogens with two attached hydrogens (primary N) is 1. The van der Waals surface area contributed by atoms with Gasteiger partial charge in [0.2, 0.25) is 0 Å². The monoisotopic (exact) mass is 366 g/mol. The number of pyridine rings is 1. The Morgan fingerprint density at radius 1 is 1.26 bits per heavy atom. The summed E-state index contributed by atoms with van der Waals surface area (Å²) in [4.78, 5) is 6.86. The number of nitrogen functional groups attached to an aromatic ring is 1. The van der Waals surface area contributed by atoms with Crippen LogP contribution in [0.1, 0.15) is 25.0 Å². The number of hydrogen-bond donors (Lipinski definition) is 1. The van der Waals surface area contributed by atoms with E-state index in [0.29, 0.717) is 24.7 Å². The van der Waals surface area contributed by atoms with E-state index in [2.05, 4.69) is 29.8 Å². The molecule has 6 heteroatoms. The van der Waals surface area contributed by atoms with E-state index in [1.54, 1.807) is 7.11 Å². The molecule has 1 aliphatic heterocycles. The summed E-state index contributed by atoms with van der Waals surface area (Å²) in [5.74, 6) is 2.34. The zero-order valence-corrected chi connectivity index (χ0v) is 16.2. The highest BCUT2D eigenvalue weighted by atomic mass is 16.5. The lowest BCUT2D eigenvalue weighted by atomic mass is 9.90. The summed E-state index contributed by atoms with van der Waals surface area (Å²) in [7, 11) is 1.64. The van der Waals surface area contributed by atoms with Crippen LogP contribution in [0.5, 0.6) is 5.75 Å². The average molecular weight is 366 g/mol. The second-order valence-electron chi connectivity index (χ2n) is 7.09. The van der Waals surface area contributed by atoms with Gasteiger partial charge in [-0.05, 0) is 30.0 Å². The molecular weight excluding hydrogens is 340 g/mol. The van der Waals surface area contributed by atoms with Crippen LogP contribution in [0.2, 0.25) is 0 Å². The van der Waals surface area contributed by atoms with E-state index < -0.39 is 0 Å². The Balaban J connectivity index is 2.23. The van der Waals surface area contributed by atoms with Gasteiger partial charge in [0.15, 0.2) is 0 Å². The summed E-state index contributed by atoms with van der Waals surface area (Å²) in [5.41, 5.74) is 9.55. The lowest BCUT2D eigenvalue weighted by molar-refractivity contribution is 0.122. The fraction of sp³-hybridized carbons (Fsp3) is 0.429. The van der Waals surface area contributed by atoms with Crippen molar-refractivity contribution in [2.45, 2.75) is 20.3 Å². The number of methoxy groups -OCH3 is 1. The molecule has 0 atom stereocenters. The minimum absolute atomic E-state index is 0.275. The van der Waals surface area contributed by atoms with Crippen molar-refractivity contribution in [1.29, 1.82) is 5.26 Å². The summed E-state index contributed by atoms with van der Waals surface area (Å²) in [6.45, 7) is 7.21. The average Bonchev–Trinajstić information content (AvgIpc) is 2.69. The molecule has 2 heterocycles. The molecule has 1 aromatic heterocycles. The molecule has 0 aliphatic carbocycles. The zero-order chi connectivity index (χ0) is 19.4. The van der Waals surface area contributed by atoms with Crippen molar-refractivity contribution in [2.24, 2.45) is 5.92 Å². The maximum atomic E-state index is 9.79. The summed E-state index contributed by atoms with van der Waals surface area (Å²) >= 11 is 0. The molecule has 0 bridgehead atoms. The number of ether oxygens (including phenoxy) is 2. The Hall–Kier alpha value is -2.78. The van der Waals surface area contributed by atoms with Crippen molar-refractivity contribution < 1.29 is 9.47 Å². The topological polar surface area (TPSA) is 84.4 Å². The van der Waals surface area contributed by atoms with E-state index in [4.69, 9.17) is 15.2 Å². The molecule has 0 radical (unpaired) electrons. The second-order valence-corrected chi connectivity index (χ2v) is 7.09. The highest BCUT2D eigenvalue weighted by molar-refractivity contribution is 5.83. The van der Waals surface area contributed by atoms with Crippen LogP contribution >= 0.6 is 0 Å². The third-order valence-electron chi connectivity index (χ3n) is 4.72. The van der Waals surface area contributed by atoms with Crippen molar-refractivity contribution in [2.75, 3.05) is 44.0 Å². The van der Waals surface area contributed by atoms with E-state index in [1.807, 2.05) is 24.3 Å². The summed E-state index contributed by atoms with van der Waals surface area (Å²) in [6.07, 6.45) is 0.815. The van der Waals surface area contributed by atoms with Gasteiger partial charge in [0.1, 0.15) is 29.0 Å². The van der Waals surface area contributed by atoms with Crippen LogP contribution in [0.15, 0.2) is 24.3 Å². The number of morpholine rings is 1. The zero-order valence-electron chi connectivity index (χ0n) is 16.2. The van der Waals surface area contributed by atoms with E-state index in [-0.39, 0.29) is 5.82 Å². The van der Waals surface area contributed by atoms with Crippen molar-refractivity contribution in [3.63, 3.8) is 0 Å². The molecule has 3 rings (SSSR count). The number of rotatable bonds is 5. The Kier molecular flexibility index (Phi) is 5.82. The molecule has 2 N–H and O–H groups in total. The van der Waals surface area contributed by atoms with Gasteiger partial charge in [-0.15, -0.1) is 0 Å². The SMILES string of the molecule is COc1ccc(-c2c(C#N)c(N)nc(N3CCOCC3)c2CC(C)C)cc1. The number of hydrogen-bond acceptors (Lipinski definition) is 6. The number of nitriles is 1. The van der Waals surface area contributed by atoms with Crippen LogP contribution in [0.3, 0.4) is 0 Å². The normalized spacial score (nSPS) is 14.3. The molecule has 0 spiro atoms. The Morgan fingerprint density at radius 2 is 1.93 bits per heavy atom. The molecule has 142 valence electrons. The van der Waals surface area contributed by atoms with Gasteiger partial charge in [-0.25, -0.2) is 4.98 Å². The molecule has 1 aromatic carbocycles. The molecule has 1 fully saturated rings. The number of aromatic nitrogens is 1. The van der Waals surface area contributed by atoms with E-state index >= 15 is 0 Å². The lowest BCUT2D eigenvalue weighted by Crippen LogP contribution is -2.37. The van der Waals surface area contributed by atoms with Crippen molar-refractivity contribution >= 4 is 11.6 Å². The first-order valence-electron chi connectivity index (χ1n) is 9.24. The standard InChI is InChI=1S/C21H26N4O2/c1-14(2)12-17-19(15-4-6-16(26-3)7-5-15)18(13-22)20(23)24-21(17)25-8-10-27-11-9-25/h4-7,14H,8-12H2,1-3H3,(H2,23,24). The molecule has 0 saturated carbocycles. The fourth-order valence-electron chi connectivity index (χ4n) is 3.46. The van der Waals surface area contributed by atoms with Crippen LogP contribution in [0.25, 0.3) is 11.1 Å². The highest BCUT2D eigenvalue weighted by Gasteiger charge is 2.25. The van der Waals surface area contributed by atoms with E-state index in [0.717, 1.165) is 47.8 Å². The summed E-state index contributed by atoms with van der Waals surface area (Å²) in [6, 6.07) is 10.0. The fourth-order valence-corrected chi connectivity index (χ4v) is 3.46. The maximum absolute atomic E-state index is 9.79. The van der Waals surface area contributed by atoms with Crippen LogP contribution in [0, 0.1) is 17.2 Å². The largest absolute Gasteiger partial charge is 0.497 e. The van der Waals surface area contributed by atoms with Gasteiger partial charge in [0.25, 0.3) is 0 Å². The minimum atomic E-state index is 0.275. The highest BCUT2D eigenvalue weighted by Crippen LogP contribution is 2.38. The maximum Gasteiger partial charge on any atom is 0.144 e. The van der Waals surface area contributed by atoms with Gasteiger partial charge in [0, 0.05) is 24.2 Å². The molecule has 2 aromatic rings. The Bertz CT molecular complexity index is 835. The smallest absolute Gasteiger partial charge is 0.144 e. The van der Waals surface area contributed by atoms with Gasteiger partial charge in [-0.1, -0.05) is 26.0 Å². The van der Waals surface area contributed by atoms with Crippen molar-refractivity contribution in [1.82, 2.24) is 4.98 Å². The third kappa shape index (κ3) is 3.99. The van der Waals surface area contributed by atoms with Gasteiger partial charge in [0.05, 0.1) is 20.3 Å². The summed E-state index contributed by atoms with van der Waals surface area (Å²) in [5, 5.41) is 9.79. The van der Waals surface area contributed by atoms with Gasteiger partial charge >= 0.3 is 0 Å². The van der Waals surface area contributed by atoms with Crippen LogP contribution < -0.4 is 15.4 Å². The van der Waals surface area contributed by atoms with Crippen LogP contribution in [-0.4, -0.2) is 38.4 Å². The quantitative estimate of drug-likeness (QED) is 0.874. The lowest BCUT2D eigenvalue weighted by Gasteiger charge is -2.31. The molecule has 0 amide bonds. The first-order valence-corrected chi connectivity index (χ1v) is 9.24. The predicted octanol–water partition coefficient (Wildman–Crippen LogP) is 3.25. The first-order chi connectivity index (χ1) is 13.0. The molecule has 1 aliphatic rings. The second kappa shape index (κ2) is 8.28. The van der Waals surface area contributed by atoms with Crippen molar-refractivity contribution in [3.05, 3.63) is 35.4 Å². The van der Waals surface area contributed by atoms with Gasteiger partial charge in [-0.3, -0.25) is 0 Å². The number of nitrogens with zero attached hydrogens (tertiary/aromatic N) is 3. The molecule has 6 nitrogen and oxygen atoms in total. The predicted molar refractivity (Wildman–Crippen MR) is 107 cm³/mol. The summed E-state index contributed by atoms with van der Waals surface area (Å²) < 4.78 is 10.8. The minimum Gasteiger partial charge on any atom is -0.497 e. The third-order valence-corrected chi connectivity index (χ3v) is 4.72. The van der Waals surface area contributed by atoms with Crippen LogP contribution in [0.4, 0.5) is 11.6 Å². The molecule has 0 unspecified atom stereocenters. The molecular formula is C21H26N4O2. The van der Waals surface area contributed by atoms with Crippen LogP contribution in [-0.2, 0) is 11.2 Å². The molecule has 1 saturated heterocycles. The van der Waals surface area contributed by atoms with Crippen molar-refractivity contribution in [3.8, 4) is 22.9 Å². The Morgan fingerprint density at radius 3 is 2.48 bits per heavy atom. The van der Waals surface area contributed by atoms with E-state index in [9.17, 15) is 5.26 Å². The number of anilines is 2. The first kappa shape index (κ1) is 19.0. The van der Waals surface area contributed by atoms with Gasteiger partial charge < -0.3 is 20.1 Å².